The van der Waals surface area contributed by atoms with Gasteiger partial charge in [-0.25, -0.2) is 4.98 Å². The molecule has 4 amide bonds. The summed E-state index contributed by atoms with van der Waals surface area (Å²) >= 11 is 1.57. The van der Waals surface area contributed by atoms with Crippen LogP contribution in [0.15, 0.2) is 60.1 Å². The van der Waals surface area contributed by atoms with Crippen LogP contribution in [0.1, 0.15) is 123 Å². The maximum Gasteiger partial charge on any atom is 0.246 e. The fraction of sp³-hybridized carbons (Fsp3) is 0.482. The number of ketones is 1. The number of aromatic amines is 1. The summed E-state index contributed by atoms with van der Waals surface area (Å²) < 4.78 is 0. The normalized spacial score (nSPS) is 19.7. The minimum atomic E-state index is -0.982. The van der Waals surface area contributed by atoms with Crippen molar-refractivity contribution in [2.24, 2.45) is 5.41 Å². The van der Waals surface area contributed by atoms with Crippen molar-refractivity contribution in [2.75, 3.05) is 50.7 Å². The van der Waals surface area contributed by atoms with Crippen LogP contribution in [-0.2, 0) is 37.6 Å². The number of carbonyl (C=O) groups is 5. The number of piperazine rings is 1. The number of likely N-dealkylation sites (tertiary alicyclic amines) is 1. The summed E-state index contributed by atoms with van der Waals surface area (Å²) in [6.45, 7) is 18.6. The third kappa shape index (κ3) is 9.90. The van der Waals surface area contributed by atoms with Gasteiger partial charge in [-0.15, -0.1) is 11.3 Å². The molecule has 3 fully saturated rings. The Morgan fingerprint density at radius 2 is 1.71 bits per heavy atom. The molecule has 9 rings (SSSR count). The zero-order valence-corrected chi connectivity index (χ0v) is 43.4. The van der Waals surface area contributed by atoms with Crippen LogP contribution >= 0.6 is 11.3 Å². The van der Waals surface area contributed by atoms with E-state index in [0.29, 0.717) is 30.3 Å². The second-order valence-electron chi connectivity index (χ2n) is 21.7. The highest BCUT2D eigenvalue weighted by molar-refractivity contribution is 7.13. The van der Waals surface area contributed by atoms with Crippen LogP contribution in [0.3, 0.4) is 0 Å². The predicted molar refractivity (Wildman–Crippen MR) is 279 cm³/mol. The van der Waals surface area contributed by atoms with Crippen molar-refractivity contribution < 1.29 is 29.1 Å². The Morgan fingerprint density at radius 3 is 2.36 bits per heavy atom. The van der Waals surface area contributed by atoms with Crippen molar-refractivity contribution in [1.82, 2.24) is 35.3 Å². The number of aliphatic hydroxyl groups excluding tert-OH is 1. The van der Waals surface area contributed by atoms with E-state index in [-0.39, 0.29) is 49.9 Å². The van der Waals surface area contributed by atoms with Crippen LogP contribution in [0.25, 0.3) is 21.3 Å². The van der Waals surface area contributed by atoms with Gasteiger partial charge in [0.15, 0.2) is 5.78 Å². The third-order valence-corrected chi connectivity index (χ3v) is 16.5. The van der Waals surface area contributed by atoms with Crippen LogP contribution < -0.4 is 15.5 Å². The van der Waals surface area contributed by atoms with Gasteiger partial charge >= 0.3 is 0 Å². The molecule has 4 N–H and O–H groups in total. The molecule has 3 atom stereocenters. The van der Waals surface area contributed by atoms with Crippen molar-refractivity contribution in [3.05, 3.63) is 105 Å². The number of amides is 4. The number of fused-ring (bicyclic) bond motifs is 4. The van der Waals surface area contributed by atoms with E-state index in [0.717, 1.165) is 100 Å². The molecule has 3 aromatic carbocycles. The van der Waals surface area contributed by atoms with Crippen LogP contribution in [-0.4, -0.2) is 129 Å². The van der Waals surface area contributed by atoms with Crippen molar-refractivity contribution in [3.63, 3.8) is 0 Å². The van der Waals surface area contributed by atoms with Gasteiger partial charge in [0.25, 0.3) is 0 Å². The van der Waals surface area contributed by atoms with Crippen LogP contribution in [0.4, 0.5) is 5.69 Å². The smallest absolute Gasteiger partial charge is 0.246 e. The number of hydrogen-bond donors (Lipinski definition) is 4. The van der Waals surface area contributed by atoms with Gasteiger partial charge in [-0.3, -0.25) is 28.9 Å². The molecule has 5 heterocycles. The van der Waals surface area contributed by atoms with Crippen LogP contribution in [0.2, 0.25) is 0 Å². The molecule has 2 aromatic heterocycles. The topological polar surface area (TPSA) is 195 Å². The van der Waals surface area contributed by atoms with Crippen LogP contribution in [0.5, 0.6) is 0 Å². The molecule has 16 heteroatoms. The fourth-order valence-corrected chi connectivity index (χ4v) is 12.2. The molecular formula is C56H67N9O6S. The van der Waals surface area contributed by atoms with Gasteiger partial charge in [0.1, 0.15) is 12.1 Å². The Hall–Kier alpha value is -6.41. The number of anilines is 1. The summed E-state index contributed by atoms with van der Waals surface area (Å²) in [6.07, 6.45) is 1.89. The molecule has 1 unspecified atom stereocenters. The molecule has 72 heavy (non-hydrogen) atoms. The first-order valence-corrected chi connectivity index (χ1v) is 26.3. The third-order valence-electron chi connectivity index (χ3n) is 15.6. The number of hydrogen-bond acceptors (Lipinski definition) is 11. The minimum Gasteiger partial charge on any atom is -0.391 e. The van der Waals surface area contributed by atoms with E-state index in [1.165, 1.54) is 10.6 Å². The molecule has 1 aliphatic carbocycles. The number of aryl methyl sites for hydroxylation is 2. The zero-order chi connectivity index (χ0) is 51.2. The molecule has 0 saturated carbocycles. The number of β-amino-alcohol motifs (C(OH)–C–C–N with tert-alkyl or cyclic N) is 1. The van der Waals surface area contributed by atoms with Crippen molar-refractivity contribution >= 4 is 57.3 Å². The lowest BCUT2D eigenvalue weighted by Crippen LogP contribution is -2.57. The number of H-pyrrole nitrogens is 1. The second-order valence-corrected chi connectivity index (χ2v) is 22.5. The average molecular weight is 994 g/mol. The van der Waals surface area contributed by atoms with Crippen molar-refractivity contribution in [2.45, 2.75) is 123 Å². The van der Waals surface area contributed by atoms with Gasteiger partial charge in [-0.2, -0.15) is 5.26 Å². The summed E-state index contributed by atoms with van der Waals surface area (Å²) in [4.78, 5) is 86.1. The largest absolute Gasteiger partial charge is 0.391 e. The first kappa shape index (κ1) is 50.5. The molecule has 4 aliphatic rings. The molecule has 378 valence electrons. The number of nitrogens with one attached hydrogen (secondary N) is 3. The number of rotatable bonds is 12. The number of thiazole rings is 1. The fourth-order valence-electron chi connectivity index (χ4n) is 11.4. The Morgan fingerprint density at radius 1 is 0.986 bits per heavy atom. The molecule has 0 bridgehead atoms. The number of aliphatic hydroxyl groups is 1. The van der Waals surface area contributed by atoms with Gasteiger partial charge in [-0.1, -0.05) is 71.9 Å². The molecule has 3 saturated heterocycles. The average Bonchev–Trinajstić information content (AvgIpc) is 4.11. The van der Waals surface area contributed by atoms with E-state index in [2.05, 4.69) is 69.4 Å². The maximum atomic E-state index is 14.2. The van der Waals surface area contributed by atoms with Gasteiger partial charge in [0, 0.05) is 111 Å². The SMILES string of the molecule is CCc1cc2c(cc1N1CCC(N3CCN(C(=O)CCC(=O)NC(C(=O)N4C[C@H](O)C[C@H]4C(=O)NCc4ccc(-c5scnc5C)cc4)C(C)(C)C)CC3)CC1)C(C)(C)c1[nH]c3cc(C#N)ccc3c1C2=O. The van der Waals surface area contributed by atoms with Gasteiger partial charge in [0.05, 0.1) is 39.4 Å². The number of benzene rings is 3. The van der Waals surface area contributed by atoms with Crippen molar-refractivity contribution in [3.8, 4) is 16.5 Å². The number of nitriles is 1. The summed E-state index contributed by atoms with van der Waals surface area (Å²) in [5.41, 5.74) is 10.6. The molecule has 0 spiro atoms. The highest BCUT2D eigenvalue weighted by atomic mass is 32.1. The van der Waals surface area contributed by atoms with Gasteiger partial charge < -0.3 is 35.4 Å². The highest BCUT2D eigenvalue weighted by Gasteiger charge is 2.45. The Labute approximate surface area is 426 Å². The van der Waals surface area contributed by atoms with Crippen LogP contribution in [0, 0.1) is 23.7 Å². The first-order valence-electron chi connectivity index (χ1n) is 25.5. The summed E-state index contributed by atoms with van der Waals surface area (Å²) in [5, 5.41) is 26.9. The van der Waals surface area contributed by atoms with E-state index in [1.54, 1.807) is 17.4 Å². The van der Waals surface area contributed by atoms with E-state index in [4.69, 9.17) is 0 Å². The molecular weight excluding hydrogens is 927 g/mol. The van der Waals surface area contributed by atoms with Gasteiger partial charge in [-0.05, 0) is 78.1 Å². The Kier molecular flexibility index (Phi) is 14.2. The standard InChI is InChI=1S/C56H67N9O6S/c1-8-36-26-41-42(56(6,7)51-48(49(41)69)40-14-11-35(29-57)25-43(40)60-51)28-44(36)63-19-17-38(18-20-63)62-21-23-64(24-22-62)47(68)16-15-46(67)61-52(55(3,4)5)54(71)65-31-39(66)27-45(65)53(70)58-30-34-9-12-37(13-10-34)50-33(2)59-32-72-50/h9-14,25-26,28,32,38-39,45,52,60,66H,8,15-24,27,30-31H2,1-7H3,(H,58,70)(H,61,67)/t39-,45+,52?/m1/s1. The Balaban J connectivity index is 0.750. The molecule has 3 aliphatic heterocycles. The first-order chi connectivity index (χ1) is 34.4. The van der Waals surface area contributed by atoms with E-state index in [1.807, 2.05) is 74.5 Å². The maximum absolute atomic E-state index is 14.2. The molecule has 15 nitrogen and oxygen atoms in total. The van der Waals surface area contributed by atoms with E-state index >= 15 is 0 Å². The van der Waals surface area contributed by atoms with Gasteiger partial charge in [0.2, 0.25) is 23.6 Å². The number of carbonyl (C=O) groups excluding carboxylic acids is 5. The Bertz CT molecular complexity index is 2950. The van der Waals surface area contributed by atoms with E-state index in [9.17, 15) is 34.3 Å². The summed E-state index contributed by atoms with van der Waals surface area (Å²) in [7, 11) is 0. The summed E-state index contributed by atoms with van der Waals surface area (Å²) in [5.74, 6) is -1.31. The zero-order valence-electron chi connectivity index (χ0n) is 42.6. The predicted octanol–water partition coefficient (Wildman–Crippen LogP) is 6.61. The molecule has 0 radical (unpaired) electrons. The van der Waals surface area contributed by atoms with E-state index < -0.39 is 40.8 Å². The minimum absolute atomic E-state index is 0.0141. The lowest BCUT2D eigenvalue weighted by molar-refractivity contribution is -0.144. The lowest BCUT2D eigenvalue weighted by atomic mass is 9.70. The highest BCUT2D eigenvalue weighted by Crippen LogP contribution is 2.46. The van der Waals surface area contributed by atoms with Crippen molar-refractivity contribution in [1.29, 1.82) is 5.26 Å². The number of aromatic nitrogens is 2. The number of piperidine rings is 1. The second kappa shape index (κ2) is 20.2. The monoisotopic (exact) mass is 993 g/mol. The lowest BCUT2D eigenvalue weighted by Gasteiger charge is -2.44. The quantitative estimate of drug-likeness (QED) is 0.106. The molecule has 5 aromatic rings. The number of nitrogens with zero attached hydrogens (tertiary/aromatic N) is 6. The summed E-state index contributed by atoms with van der Waals surface area (Å²) in [6, 6.07) is 18.4.